The first-order valence-electron chi connectivity index (χ1n) is 17.6. The molecule has 8 rings (SSSR count). The molecule has 0 spiro atoms. The Bertz CT molecular complexity index is 1910. The lowest BCUT2D eigenvalue weighted by Crippen LogP contribution is -2.61. The van der Waals surface area contributed by atoms with Gasteiger partial charge in [-0.1, -0.05) is 123 Å². The Kier molecular flexibility index (Phi) is 8.54. The van der Waals surface area contributed by atoms with Crippen LogP contribution in [-0.2, 0) is 30.3 Å². The number of rotatable bonds is 4. The van der Waals surface area contributed by atoms with Gasteiger partial charge in [-0.25, -0.2) is 0 Å². The van der Waals surface area contributed by atoms with Crippen molar-refractivity contribution in [1.82, 2.24) is 0 Å². The minimum Gasteiger partial charge on any atom is -0.481 e. The molecule has 4 aliphatic rings. The predicted molar refractivity (Wildman–Crippen MR) is 207 cm³/mol. The average Bonchev–Trinajstić information content (AvgIpc) is 3.07. The van der Waals surface area contributed by atoms with E-state index < -0.39 is 23.0 Å². The molecule has 4 nitrogen and oxygen atoms in total. The zero-order valence-corrected chi connectivity index (χ0v) is 32.4. The Hall–Kier alpha value is -3.54. The van der Waals surface area contributed by atoms with Crippen LogP contribution in [-0.4, -0.2) is 11.6 Å². The molecule has 4 aromatic carbocycles. The highest BCUT2D eigenvalue weighted by molar-refractivity contribution is 6.31. The third kappa shape index (κ3) is 5.64. The highest BCUT2D eigenvalue weighted by Gasteiger charge is 2.68. The quantitative estimate of drug-likeness (QED) is 0.207. The van der Waals surface area contributed by atoms with Crippen LogP contribution in [0.25, 0.3) is 0 Å². The van der Waals surface area contributed by atoms with Crippen molar-refractivity contribution < 1.29 is 19.1 Å². The lowest BCUT2D eigenvalue weighted by atomic mass is 9.52. The topological polar surface area (TPSA) is 52.6 Å². The molecule has 2 unspecified atom stereocenters. The largest absolute Gasteiger partial charge is 0.481 e. The molecule has 2 aliphatic carbocycles. The van der Waals surface area contributed by atoms with Crippen molar-refractivity contribution in [3.63, 3.8) is 0 Å². The van der Waals surface area contributed by atoms with Gasteiger partial charge in [-0.2, -0.15) is 0 Å². The number of Topliss-reactive ketones (excluding diaryl/α,β-unsaturated/α-hetero) is 2. The third-order valence-corrected chi connectivity index (χ3v) is 12.3. The van der Waals surface area contributed by atoms with Gasteiger partial charge in [-0.3, -0.25) is 9.59 Å². The van der Waals surface area contributed by atoms with E-state index in [0.717, 1.165) is 22.3 Å². The molecule has 2 heterocycles. The highest BCUT2D eigenvalue weighted by Crippen LogP contribution is 2.67. The first-order valence-corrected chi connectivity index (χ1v) is 19.1. The SMILES string of the molecule is CC1(C)CC(=O)C2=C(C1)OC(c1ccc(Cl)cc1)(c1ccc(Cl)cc1)C1C3=C(CC(C)(C)CC3=O)OC(c3ccc(Cl)cc3)(c3ccc(Cl)cc3)C21. The van der Waals surface area contributed by atoms with E-state index in [0.29, 0.717) is 68.4 Å². The number of carbonyl (C=O) groups is 2. The number of benzene rings is 4. The number of hydrogen-bond acceptors (Lipinski definition) is 4. The van der Waals surface area contributed by atoms with E-state index in [1.165, 1.54) is 0 Å². The summed E-state index contributed by atoms with van der Waals surface area (Å²) in [4.78, 5) is 29.8. The van der Waals surface area contributed by atoms with Crippen molar-refractivity contribution >= 4 is 58.0 Å². The summed E-state index contributed by atoms with van der Waals surface area (Å²) in [6, 6.07) is 30.5. The molecule has 0 fully saturated rings. The van der Waals surface area contributed by atoms with Gasteiger partial charge in [0, 0.05) is 79.2 Å². The second-order valence-corrected chi connectivity index (χ2v) is 18.0. The van der Waals surface area contributed by atoms with Crippen LogP contribution in [0.15, 0.2) is 120 Å². The van der Waals surface area contributed by atoms with Crippen LogP contribution in [0, 0.1) is 22.7 Å². The molecule has 2 atom stereocenters. The fraction of sp³-hybridized carbons (Fsp3) is 0.318. The zero-order valence-electron chi connectivity index (χ0n) is 29.4. The fourth-order valence-electron chi connectivity index (χ4n) is 9.23. The smallest absolute Gasteiger partial charge is 0.166 e. The number of carbonyl (C=O) groups excluding carboxylic acids is 2. The molecule has 0 N–H and O–H groups in total. The Morgan fingerprint density at radius 1 is 0.442 bits per heavy atom. The number of ether oxygens (including phenoxy) is 2. The van der Waals surface area contributed by atoms with Crippen molar-refractivity contribution in [3.05, 3.63) is 162 Å². The Balaban J connectivity index is 1.59. The molecule has 0 radical (unpaired) electrons. The van der Waals surface area contributed by atoms with Gasteiger partial charge in [-0.15, -0.1) is 0 Å². The second-order valence-electron chi connectivity index (χ2n) is 16.2. The van der Waals surface area contributed by atoms with Gasteiger partial charge in [0.05, 0.1) is 11.8 Å². The van der Waals surface area contributed by atoms with E-state index in [4.69, 9.17) is 55.9 Å². The van der Waals surface area contributed by atoms with E-state index in [1.807, 2.05) is 97.1 Å². The monoisotopic (exact) mass is 770 g/mol. The van der Waals surface area contributed by atoms with E-state index in [9.17, 15) is 9.59 Å². The normalized spacial score (nSPS) is 23.9. The zero-order chi connectivity index (χ0) is 36.8. The summed E-state index contributed by atoms with van der Waals surface area (Å²) in [6.45, 7) is 8.36. The summed E-state index contributed by atoms with van der Waals surface area (Å²) in [5, 5.41) is 2.26. The molecule has 8 heteroatoms. The molecule has 0 saturated carbocycles. The van der Waals surface area contributed by atoms with E-state index >= 15 is 0 Å². The average molecular weight is 773 g/mol. The number of ketones is 2. The number of halogens is 4. The van der Waals surface area contributed by atoms with Gasteiger partial charge in [0.25, 0.3) is 0 Å². The highest BCUT2D eigenvalue weighted by atomic mass is 35.5. The van der Waals surface area contributed by atoms with E-state index in [1.54, 1.807) is 0 Å². The maximum absolute atomic E-state index is 14.9. The molecule has 266 valence electrons. The summed E-state index contributed by atoms with van der Waals surface area (Å²) in [7, 11) is 0. The van der Waals surface area contributed by atoms with Gasteiger partial charge in [0.15, 0.2) is 22.8 Å². The maximum atomic E-state index is 14.9. The summed E-state index contributed by atoms with van der Waals surface area (Å²) in [5.74, 6) is -0.307. The van der Waals surface area contributed by atoms with Crippen LogP contribution in [0.2, 0.25) is 20.1 Å². The van der Waals surface area contributed by atoms with Crippen LogP contribution in [0.5, 0.6) is 0 Å². The van der Waals surface area contributed by atoms with Crippen LogP contribution in [0.3, 0.4) is 0 Å². The second kappa shape index (κ2) is 12.5. The fourth-order valence-corrected chi connectivity index (χ4v) is 9.74. The van der Waals surface area contributed by atoms with E-state index in [-0.39, 0.29) is 22.4 Å². The summed E-state index contributed by atoms with van der Waals surface area (Å²) < 4.78 is 15.1. The molecule has 4 aromatic rings. The predicted octanol–water partition coefficient (Wildman–Crippen LogP) is 12.1. The lowest BCUT2D eigenvalue weighted by Gasteiger charge is -2.60. The van der Waals surface area contributed by atoms with Gasteiger partial charge in [-0.05, 0) is 59.4 Å². The molecule has 0 aromatic heterocycles. The Morgan fingerprint density at radius 3 is 0.942 bits per heavy atom. The van der Waals surface area contributed by atoms with Crippen molar-refractivity contribution in [2.24, 2.45) is 22.7 Å². The molecule has 52 heavy (non-hydrogen) atoms. The van der Waals surface area contributed by atoms with Crippen molar-refractivity contribution in [2.45, 2.75) is 64.6 Å². The van der Waals surface area contributed by atoms with Crippen molar-refractivity contribution in [2.75, 3.05) is 0 Å². The first-order chi connectivity index (χ1) is 24.6. The van der Waals surface area contributed by atoms with Crippen LogP contribution >= 0.6 is 46.4 Å². The molecule has 2 aliphatic heterocycles. The van der Waals surface area contributed by atoms with Crippen molar-refractivity contribution in [1.29, 1.82) is 0 Å². The van der Waals surface area contributed by atoms with Crippen LogP contribution in [0.4, 0.5) is 0 Å². The van der Waals surface area contributed by atoms with Gasteiger partial charge < -0.3 is 9.47 Å². The number of allylic oxidation sites excluding steroid dienone is 2. The van der Waals surface area contributed by atoms with Crippen LogP contribution < -0.4 is 0 Å². The lowest BCUT2D eigenvalue weighted by molar-refractivity contribution is -0.153. The molecule has 0 saturated heterocycles. The van der Waals surface area contributed by atoms with Gasteiger partial charge in [0.1, 0.15) is 11.5 Å². The minimum absolute atomic E-state index is 0.0226. The summed E-state index contributed by atoms with van der Waals surface area (Å²) in [6.07, 6.45) is 1.64. The van der Waals surface area contributed by atoms with Crippen LogP contribution in [0.1, 0.15) is 75.6 Å². The molecule has 0 bridgehead atoms. The Morgan fingerprint density at radius 2 is 0.692 bits per heavy atom. The first kappa shape index (κ1) is 35.5. The number of fused-ring (bicyclic) bond motifs is 3. The number of hydrogen-bond donors (Lipinski definition) is 0. The standard InChI is InChI=1S/C44H38Cl4O4/c1-41(2)21-33(49)37-35(23-41)51-43(25-5-13-29(45)14-6-25,26-7-15-30(46)16-8-26)40-38-34(50)22-42(3,4)24-36(38)52-44(39(37)40,27-9-17-31(47)18-10-27)28-11-19-32(48)20-12-28/h5-20,39-40H,21-24H2,1-4H3. The van der Waals surface area contributed by atoms with E-state index in [2.05, 4.69) is 27.7 Å². The summed E-state index contributed by atoms with van der Waals surface area (Å²) >= 11 is 26.2. The molecular weight excluding hydrogens is 734 g/mol. The Labute approximate surface area is 324 Å². The molecular formula is C44H38Cl4O4. The molecule has 0 amide bonds. The van der Waals surface area contributed by atoms with Crippen molar-refractivity contribution in [3.8, 4) is 0 Å². The third-order valence-electron chi connectivity index (χ3n) is 11.3. The van der Waals surface area contributed by atoms with Gasteiger partial charge in [0.2, 0.25) is 0 Å². The summed E-state index contributed by atoms with van der Waals surface area (Å²) in [5.41, 5.74) is 0.899. The maximum Gasteiger partial charge on any atom is 0.166 e. The minimum atomic E-state index is -1.31. The van der Waals surface area contributed by atoms with Gasteiger partial charge >= 0.3 is 0 Å².